The first-order chi connectivity index (χ1) is 8.79. The van der Waals surface area contributed by atoms with Crippen LogP contribution < -0.4 is 0 Å². The van der Waals surface area contributed by atoms with Crippen LogP contribution in [-0.4, -0.2) is 0 Å². The Morgan fingerprint density at radius 3 is 2.11 bits per heavy atom. The van der Waals surface area contributed by atoms with Crippen molar-refractivity contribution in [2.45, 2.75) is 48.0 Å². The largest absolute Gasteiger partial charge is 0.0625 e. The Bertz CT molecular complexity index is 447. The monoisotopic (exact) mass is 258 g/mol. The summed E-state index contributed by atoms with van der Waals surface area (Å²) in [6.45, 7) is 15.5. The maximum atomic E-state index is 2.62. The molecule has 0 aromatic heterocycles. The Kier molecular flexibility index (Phi) is 1.72. The van der Waals surface area contributed by atoms with E-state index in [0.29, 0.717) is 10.8 Å². The summed E-state index contributed by atoms with van der Waals surface area (Å²) in [6, 6.07) is 0. The topological polar surface area (TPSA) is 0 Å². The summed E-state index contributed by atoms with van der Waals surface area (Å²) in [4.78, 5) is 0. The number of fused-ring (bicyclic) bond motifs is 1. The third-order valence-electron chi connectivity index (χ3n) is 9.19. The predicted molar refractivity (Wildman–Crippen MR) is 78.4 cm³/mol. The van der Waals surface area contributed by atoms with Gasteiger partial charge in [-0.25, -0.2) is 0 Å². The molecule has 0 aromatic carbocycles. The summed E-state index contributed by atoms with van der Waals surface area (Å²) in [5.41, 5.74) is 1.34. The molecule has 9 atom stereocenters. The number of hydrogen-bond acceptors (Lipinski definition) is 0. The second-order valence-corrected chi connectivity index (χ2v) is 10.3. The van der Waals surface area contributed by atoms with E-state index >= 15 is 0 Å². The van der Waals surface area contributed by atoms with E-state index in [4.69, 9.17) is 0 Å². The molecule has 5 saturated carbocycles. The summed E-state index contributed by atoms with van der Waals surface area (Å²) >= 11 is 0. The van der Waals surface area contributed by atoms with E-state index in [9.17, 15) is 0 Å². The lowest BCUT2D eigenvalue weighted by molar-refractivity contribution is -0.0924. The Morgan fingerprint density at radius 1 is 0.789 bits per heavy atom. The minimum Gasteiger partial charge on any atom is -0.0625 e. The van der Waals surface area contributed by atoms with Crippen molar-refractivity contribution in [1.82, 2.24) is 0 Å². The van der Waals surface area contributed by atoms with Gasteiger partial charge in [-0.1, -0.05) is 41.5 Å². The quantitative estimate of drug-likeness (QED) is 0.639. The van der Waals surface area contributed by atoms with Gasteiger partial charge in [0, 0.05) is 0 Å². The molecule has 19 heavy (non-hydrogen) atoms. The summed E-state index contributed by atoms with van der Waals surface area (Å²) < 4.78 is 0. The highest BCUT2D eigenvalue weighted by atomic mass is 14.9. The van der Waals surface area contributed by atoms with Crippen molar-refractivity contribution >= 4 is 0 Å². The zero-order chi connectivity index (χ0) is 13.5. The second-order valence-electron chi connectivity index (χ2n) is 10.3. The fourth-order valence-corrected chi connectivity index (χ4v) is 9.55. The summed E-state index contributed by atoms with van der Waals surface area (Å²) in [5.74, 6) is 10.9. The van der Waals surface area contributed by atoms with Crippen LogP contribution in [0.25, 0.3) is 0 Å². The highest BCUT2D eigenvalue weighted by Crippen LogP contribution is 2.89. The van der Waals surface area contributed by atoms with E-state index in [2.05, 4.69) is 41.5 Å². The standard InChI is InChI=1S/C19H30/c1-8(2)15-13-12-10(18(15,3)4)7-9-11(12)17-14(13)16(9)19(17,5)6/h8-17H,7H2,1-6H3. The number of hydrogen-bond donors (Lipinski definition) is 0. The van der Waals surface area contributed by atoms with Crippen molar-refractivity contribution in [3.63, 3.8) is 0 Å². The molecule has 0 radical (unpaired) electrons. The average molecular weight is 258 g/mol. The zero-order valence-electron chi connectivity index (χ0n) is 13.5. The van der Waals surface area contributed by atoms with Gasteiger partial charge in [0.15, 0.2) is 0 Å². The van der Waals surface area contributed by atoms with E-state index in [1.54, 1.807) is 6.42 Å². The Hall–Kier alpha value is 0. The van der Waals surface area contributed by atoms with Gasteiger partial charge in [-0.3, -0.25) is 0 Å². The van der Waals surface area contributed by atoms with Crippen LogP contribution in [0, 0.1) is 70.0 Å². The first kappa shape index (κ1) is 11.6. The molecule has 0 aliphatic heterocycles. The summed E-state index contributed by atoms with van der Waals surface area (Å²) in [5, 5.41) is 0. The zero-order valence-corrected chi connectivity index (χ0v) is 13.5. The van der Waals surface area contributed by atoms with Crippen molar-refractivity contribution in [3.8, 4) is 0 Å². The fourth-order valence-electron chi connectivity index (χ4n) is 9.55. The van der Waals surface area contributed by atoms with E-state index in [1.165, 1.54) is 0 Å². The van der Waals surface area contributed by atoms with E-state index in [-0.39, 0.29) is 0 Å². The predicted octanol–water partition coefficient (Wildman–Crippen LogP) is 4.70. The molecule has 0 saturated heterocycles. The van der Waals surface area contributed by atoms with E-state index < -0.39 is 0 Å². The molecule has 0 spiro atoms. The smallest absolute Gasteiger partial charge is 0.0286 e. The molecule has 0 heterocycles. The van der Waals surface area contributed by atoms with Gasteiger partial charge in [-0.2, -0.15) is 0 Å². The minimum absolute atomic E-state index is 0.631. The van der Waals surface area contributed by atoms with Gasteiger partial charge in [0.05, 0.1) is 0 Å². The van der Waals surface area contributed by atoms with Crippen LogP contribution in [0.3, 0.4) is 0 Å². The van der Waals surface area contributed by atoms with Crippen molar-refractivity contribution in [1.29, 1.82) is 0 Å². The normalized spacial score (nSPS) is 64.9. The molecular weight excluding hydrogens is 228 g/mol. The van der Waals surface area contributed by atoms with Crippen molar-refractivity contribution in [3.05, 3.63) is 0 Å². The molecule has 9 unspecified atom stereocenters. The van der Waals surface area contributed by atoms with Crippen molar-refractivity contribution in [2.24, 2.45) is 70.0 Å². The Labute approximate surface area is 118 Å². The average Bonchev–Trinajstić information content (AvgIpc) is 2.89. The van der Waals surface area contributed by atoms with Gasteiger partial charge < -0.3 is 0 Å². The molecule has 5 fully saturated rings. The number of rotatable bonds is 1. The molecule has 0 heteroatoms. The van der Waals surface area contributed by atoms with Gasteiger partial charge in [0.1, 0.15) is 0 Å². The maximum absolute atomic E-state index is 2.62. The summed E-state index contributed by atoms with van der Waals surface area (Å²) in [7, 11) is 0. The van der Waals surface area contributed by atoms with Gasteiger partial charge in [-0.15, -0.1) is 0 Å². The van der Waals surface area contributed by atoms with Crippen LogP contribution in [0.1, 0.15) is 48.0 Å². The first-order valence-corrected chi connectivity index (χ1v) is 8.79. The molecule has 4 bridgehead atoms. The minimum atomic E-state index is 0.631. The van der Waals surface area contributed by atoms with E-state index in [0.717, 1.165) is 59.2 Å². The van der Waals surface area contributed by atoms with Crippen LogP contribution in [0.5, 0.6) is 0 Å². The SMILES string of the molecule is CC(C)C1C2C3C4C(CC3C1(C)C)C1C2C4C1(C)C. The second kappa shape index (κ2) is 2.81. The lowest BCUT2D eigenvalue weighted by Gasteiger charge is -2.56. The van der Waals surface area contributed by atoms with Crippen molar-refractivity contribution < 1.29 is 0 Å². The lowest BCUT2D eigenvalue weighted by Crippen LogP contribution is -2.52. The van der Waals surface area contributed by atoms with Crippen molar-refractivity contribution in [2.75, 3.05) is 0 Å². The Balaban J connectivity index is 1.65. The van der Waals surface area contributed by atoms with Gasteiger partial charge in [-0.05, 0) is 76.4 Å². The van der Waals surface area contributed by atoms with Gasteiger partial charge >= 0.3 is 0 Å². The van der Waals surface area contributed by atoms with Gasteiger partial charge in [0.2, 0.25) is 0 Å². The fraction of sp³-hybridized carbons (Fsp3) is 1.00. The molecule has 5 aliphatic carbocycles. The van der Waals surface area contributed by atoms with Crippen LogP contribution in [0.2, 0.25) is 0 Å². The van der Waals surface area contributed by atoms with Crippen LogP contribution in [0.4, 0.5) is 0 Å². The lowest BCUT2D eigenvalue weighted by atomic mass is 9.48. The molecule has 0 nitrogen and oxygen atoms in total. The molecule has 5 aliphatic rings. The van der Waals surface area contributed by atoms with Gasteiger partial charge in [0.25, 0.3) is 0 Å². The third kappa shape index (κ3) is 0.889. The molecule has 5 rings (SSSR count). The van der Waals surface area contributed by atoms with Crippen LogP contribution in [0.15, 0.2) is 0 Å². The van der Waals surface area contributed by atoms with Crippen LogP contribution >= 0.6 is 0 Å². The third-order valence-corrected chi connectivity index (χ3v) is 9.19. The highest BCUT2D eigenvalue weighted by molar-refractivity contribution is 5.31. The van der Waals surface area contributed by atoms with Crippen LogP contribution in [-0.2, 0) is 0 Å². The highest BCUT2D eigenvalue weighted by Gasteiger charge is 2.84. The molecular formula is C19H30. The Morgan fingerprint density at radius 2 is 1.47 bits per heavy atom. The molecule has 0 aromatic rings. The summed E-state index contributed by atoms with van der Waals surface area (Å²) in [6.07, 6.45) is 1.60. The first-order valence-electron chi connectivity index (χ1n) is 8.79. The maximum Gasteiger partial charge on any atom is -0.0286 e. The molecule has 0 amide bonds. The van der Waals surface area contributed by atoms with E-state index in [1.807, 2.05) is 0 Å². The molecule has 0 N–H and O–H groups in total. The molecule has 106 valence electrons.